The van der Waals surface area contributed by atoms with E-state index in [4.69, 9.17) is 17.0 Å². The molecule has 186 valence electrons. The largest absolute Gasteiger partial charge is 0.456 e. The zero-order chi connectivity index (χ0) is 25.9. The topological polar surface area (TPSA) is 76.9 Å². The van der Waals surface area contributed by atoms with Crippen LogP contribution < -0.4 is 9.64 Å². The molecule has 1 aliphatic rings. The third-order valence-electron chi connectivity index (χ3n) is 6.05. The molecule has 0 bridgehead atoms. The number of benzene rings is 3. The van der Waals surface area contributed by atoms with Crippen LogP contribution in [0.15, 0.2) is 71.6 Å². The van der Waals surface area contributed by atoms with Crippen molar-refractivity contribution in [3.63, 3.8) is 0 Å². The summed E-state index contributed by atoms with van der Waals surface area (Å²) in [7, 11) is -2.01. The molecule has 4 rings (SSSR count). The van der Waals surface area contributed by atoms with E-state index in [1.165, 1.54) is 10.4 Å². The number of thiocarbonyl (C=S) groups is 1. The average Bonchev–Trinajstić information content (AvgIpc) is 2.88. The number of hydrogen-bond donors (Lipinski definition) is 0. The zero-order valence-corrected chi connectivity index (χ0v) is 22.1. The van der Waals surface area contributed by atoms with Gasteiger partial charge in [0.2, 0.25) is 10.0 Å². The number of anilines is 1. The van der Waals surface area contributed by atoms with Crippen molar-refractivity contribution in [3.05, 3.63) is 83.4 Å². The molecule has 0 aromatic heterocycles. The molecule has 0 radical (unpaired) electrons. The van der Waals surface area contributed by atoms with E-state index in [2.05, 4.69) is 0 Å². The molecule has 0 unspecified atom stereocenters. The Morgan fingerprint density at radius 2 is 1.61 bits per heavy atom. The lowest BCUT2D eigenvalue weighted by molar-refractivity contribution is 0.266. The number of hydrogen-bond acceptors (Lipinski definition) is 5. The first-order chi connectivity index (χ1) is 17.2. The Morgan fingerprint density at radius 1 is 0.972 bits per heavy atom. The van der Waals surface area contributed by atoms with Gasteiger partial charge in [-0.2, -0.15) is 9.57 Å². The van der Waals surface area contributed by atoms with Crippen molar-refractivity contribution in [3.8, 4) is 17.6 Å². The fraction of sp³-hybridized carbons (Fsp3) is 0.259. The van der Waals surface area contributed by atoms with Crippen molar-refractivity contribution in [2.45, 2.75) is 18.7 Å². The standard InChI is InChI=1S/C27H28N4O3S2/c1-20-15-21(2)17-24(16-20)34-25-10-9-22(19-28)18-26(25)36(32,33)31-13-11-30(12-14-31)27(35)29(3)23-7-5-4-6-8-23/h4-10,15-18H,11-14H2,1-3H3. The number of nitrogens with zero attached hydrogens (tertiary/aromatic N) is 4. The predicted octanol–water partition coefficient (Wildman–Crippen LogP) is 4.70. The maximum Gasteiger partial charge on any atom is 0.246 e. The smallest absolute Gasteiger partial charge is 0.246 e. The zero-order valence-electron chi connectivity index (χ0n) is 20.5. The fourth-order valence-corrected chi connectivity index (χ4v) is 6.07. The maximum atomic E-state index is 13.7. The molecule has 0 spiro atoms. The molecule has 1 aliphatic heterocycles. The van der Waals surface area contributed by atoms with Crippen LogP contribution in [-0.4, -0.2) is 56.0 Å². The van der Waals surface area contributed by atoms with Crippen LogP contribution in [0.3, 0.4) is 0 Å². The van der Waals surface area contributed by atoms with Gasteiger partial charge < -0.3 is 14.5 Å². The predicted molar refractivity (Wildman–Crippen MR) is 145 cm³/mol. The third-order valence-corrected chi connectivity index (χ3v) is 8.51. The van der Waals surface area contributed by atoms with Crippen LogP contribution in [0.1, 0.15) is 16.7 Å². The lowest BCUT2D eigenvalue weighted by Crippen LogP contribution is -2.53. The second-order valence-corrected chi connectivity index (χ2v) is 11.0. The second-order valence-electron chi connectivity index (χ2n) is 8.77. The molecule has 36 heavy (non-hydrogen) atoms. The van der Waals surface area contributed by atoms with Gasteiger partial charge in [0.1, 0.15) is 16.4 Å². The Balaban J connectivity index is 1.54. The molecule has 0 saturated carbocycles. The Labute approximate surface area is 218 Å². The van der Waals surface area contributed by atoms with Crippen molar-refractivity contribution in [2.24, 2.45) is 0 Å². The minimum absolute atomic E-state index is 0.0156. The van der Waals surface area contributed by atoms with Crippen molar-refractivity contribution >= 4 is 33.0 Å². The van der Waals surface area contributed by atoms with Gasteiger partial charge in [-0.25, -0.2) is 8.42 Å². The van der Waals surface area contributed by atoms with Crippen LogP contribution in [0, 0.1) is 25.2 Å². The van der Waals surface area contributed by atoms with Crippen molar-refractivity contribution in [1.82, 2.24) is 9.21 Å². The number of para-hydroxylation sites is 1. The molecule has 3 aromatic carbocycles. The summed E-state index contributed by atoms with van der Waals surface area (Å²) in [6.45, 7) is 5.36. The van der Waals surface area contributed by atoms with Crippen LogP contribution in [0.25, 0.3) is 0 Å². The molecule has 7 nitrogen and oxygen atoms in total. The molecule has 1 saturated heterocycles. The van der Waals surface area contributed by atoms with Gasteiger partial charge in [0.25, 0.3) is 0 Å². The monoisotopic (exact) mass is 520 g/mol. The highest BCUT2D eigenvalue weighted by Gasteiger charge is 2.32. The summed E-state index contributed by atoms with van der Waals surface area (Å²) in [6.07, 6.45) is 0. The van der Waals surface area contributed by atoms with Crippen LogP contribution in [0.5, 0.6) is 11.5 Å². The number of aryl methyl sites for hydroxylation is 2. The minimum Gasteiger partial charge on any atom is -0.456 e. The summed E-state index contributed by atoms with van der Waals surface area (Å²) in [5.74, 6) is 0.744. The van der Waals surface area contributed by atoms with E-state index in [1.807, 2.05) is 85.3 Å². The van der Waals surface area contributed by atoms with Gasteiger partial charge in [-0.05, 0) is 79.7 Å². The molecule has 3 aromatic rings. The highest BCUT2D eigenvalue weighted by molar-refractivity contribution is 7.89. The van der Waals surface area contributed by atoms with Gasteiger partial charge in [-0.15, -0.1) is 0 Å². The van der Waals surface area contributed by atoms with E-state index in [0.29, 0.717) is 24.0 Å². The van der Waals surface area contributed by atoms with Crippen LogP contribution in [0.4, 0.5) is 5.69 Å². The first-order valence-electron chi connectivity index (χ1n) is 11.6. The number of piperazine rings is 1. The average molecular weight is 521 g/mol. The van der Waals surface area contributed by atoms with Crippen LogP contribution >= 0.6 is 12.2 Å². The normalized spacial score (nSPS) is 14.2. The van der Waals surface area contributed by atoms with Gasteiger partial charge in [0.05, 0.1) is 11.6 Å². The fourth-order valence-electron chi connectivity index (χ4n) is 4.22. The van der Waals surface area contributed by atoms with E-state index >= 15 is 0 Å². The third kappa shape index (κ3) is 5.51. The van der Waals surface area contributed by atoms with Crippen molar-refractivity contribution in [1.29, 1.82) is 5.26 Å². The lowest BCUT2D eigenvalue weighted by atomic mass is 10.1. The van der Waals surface area contributed by atoms with Crippen LogP contribution in [-0.2, 0) is 10.0 Å². The highest BCUT2D eigenvalue weighted by atomic mass is 32.2. The SMILES string of the molecule is Cc1cc(C)cc(Oc2ccc(C#N)cc2S(=O)(=O)N2CCN(C(=S)N(C)c3ccccc3)CC2)c1. The van der Waals surface area contributed by atoms with Gasteiger partial charge in [0.15, 0.2) is 5.11 Å². The molecular formula is C27H28N4O3S2. The molecule has 1 heterocycles. The van der Waals surface area contributed by atoms with Gasteiger partial charge >= 0.3 is 0 Å². The van der Waals surface area contributed by atoms with E-state index < -0.39 is 10.0 Å². The summed E-state index contributed by atoms with van der Waals surface area (Å²) in [4.78, 5) is 3.91. The molecule has 1 fully saturated rings. The molecule has 0 aliphatic carbocycles. The highest BCUT2D eigenvalue weighted by Crippen LogP contribution is 2.33. The van der Waals surface area contributed by atoms with E-state index in [-0.39, 0.29) is 29.3 Å². The summed E-state index contributed by atoms with van der Waals surface area (Å²) in [6, 6.07) is 22.0. The number of sulfonamides is 1. The Kier molecular flexibility index (Phi) is 7.59. The number of nitriles is 1. The lowest BCUT2D eigenvalue weighted by Gasteiger charge is -2.38. The van der Waals surface area contributed by atoms with Gasteiger partial charge in [-0.3, -0.25) is 0 Å². The summed E-state index contributed by atoms with van der Waals surface area (Å²) >= 11 is 5.68. The van der Waals surface area contributed by atoms with Gasteiger partial charge in [0, 0.05) is 38.9 Å². The maximum absolute atomic E-state index is 13.7. The summed E-state index contributed by atoms with van der Waals surface area (Å²) < 4.78 is 34.9. The first-order valence-corrected chi connectivity index (χ1v) is 13.4. The summed E-state index contributed by atoms with van der Waals surface area (Å²) in [5.41, 5.74) is 3.25. The molecule has 0 N–H and O–H groups in total. The molecular weight excluding hydrogens is 492 g/mol. The molecule has 0 amide bonds. The Bertz CT molecular complexity index is 1390. The van der Waals surface area contributed by atoms with E-state index in [0.717, 1.165) is 16.8 Å². The van der Waals surface area contributed by atoms with Crippen LogP contribution in [0.2, 0.25) is 0 Å². The molecule has 0 atom stereocenters. The Hall–Kier alpha value is -3.45. The second kappa shape index (κ2) is 10.7. The van der Waals surface area contributed by atoms with Crippen molar-refractivity contribution < 1.29 is 13.2 Å². The summed E-state index contributed by atoms with van der Waals surface area (Å²) in [5, 5.41) is 10.1. The quantitative estimate of drug-likeness (QED) is 0.452. The minimum atomic E-state index is -3.91. The molecule has 9 heteroatoms. The first kappa shape index (κ1) is 25.6. The van der Waals surface area contributed by atoms with Crippen molar-refractivity contribution in [2.75, 3.05) is 38.1 Å². The van der Waals surface area contributed by atoms with E-state index in [1.54, 1.807) is 12.1 Å². The Morgan fingerprint density at radius 3 is 2.22 bits per heavy atom. The number of rotatable bonds is 5. The van der Waals surface area contributed by atoms with E-state index in [9.17, 15) is 13.7 Å². The van der Waals surface area contributed by atoms with Gasteiger partial charge in [-0.1, -0.05) is 24.3 Å². The number of ether oxygens (including phenoxy) is 1.